The van der Waals surface area contributed by atoms with Crippen LogP contribution in [-0.2, 0) is 4.74 Å². The van der Waals surface area contributed by atoms with E-state index in [9.17, 15) is 4.79 Å². The van der Waals surface area contributed by atoms with Crippen LogP contribution in [0.3, 0.4) is 0 Å². The maximum absolute atomic E-state index is 11.6. The molecular formula is C14H11BrN2O3. The van der Waals surface area contributed by atoms with Gasteiger partial charge in [0.15, 0.2) is 0 Å². The van der Waals surface area contributed by atoms with Gasteiger partial charge in [0.2, 0.25) is 0 Å². The van der Waals surface area contributed by atoms with Gasteiger partial charge in [-0.15, -0.1) is 0 Å². The molecule has 0 N–H and O–H groups in total. The molecule has 0 saturated carbocycles. The number of furan rings is 1. The van der Waals surface area contributed by atoms with E-state index >= 15 is 0 Å². The molecule has 3 aromatic rings. The molecule has 0 bridgehead atoms. The Kier molecular flexibility index (Phi) is 3.10. The fourth-order valence-corrected chi connectivity index (χ4v) is 2.43. The van der Waals surface area contributed by atoms with Gasteiger partial charge in [-0.25, -0.2) is 9.31 Å². The largest absolute Gasteiger partial charge is 0.465 e. The highest BCUT2D eigenvalue weighted by molar-refractivity contribution is 9.10. The summed E-state index contributed by atoms with van der Waals surface area (Å²) in [5, 5.41) is 4.18. The summed E-state index contributed by atoms with van der Waals surface area (Å²) in [6, 6.07) is 5.51. The first-order valence-corrected chi connectivity index (χ1v) is 6.71. The highest BCUT2D eigenvalue weighted by Crippen LogP contribution is 2.28. The minimum absolute atomic E-state index is 0.399. The molecule has 102 valence electrons. The zero-order valence-electron chi connectivity index (χ0n) is 10.9. The van der Waals surface area contributed by atoms with Crippen LogP contribution >= 0.6 is 15.9 Å². The van der Waals surface area contributed by atoms with E-state index in [-0.39, 0.29) is 0 Å². The number of aromatic nitrogens is 2. The van der Waals surface area contributed by atoms with Crippen LogP contribution in [0.15, 0.2) is 39.5 Å². The van der Waals surface area contributed by atoms with E-state index < -0.39 is 5.97 Å². The van der Waals surface area contributed by atoms with E-state index in [0.717, 1.165) is 15.6 Å². The van der Waals surface area contributed by atoms with E-state index in [1.165, 1.54) is 7.11 Å². The van der Waals surface area contributed by atoms with E-state index in [4.69, 9.17) is 9.15 Å². The molecule has 0 aromatic carbocycles. The Morgan fingerprint density at radius 3 is 3.00 bits per heavy atom. The van der Waals surface area contributed by atoms with Crippen LogP contribution in [0, 0.1) is 6.92 Å². The van der Waals surface area contributed by atoms with Crippen molar-refractivity contribution in [3.05, 3.63) is 46.4 Å². The minimum Gasteiger partial charge on any atom is -0.465 e. The molecule has 0 aliphatic rings. The molecule has 0 unspecified atom stereocenters. The molecule has 0 fully saturated rings. The standard InChI is InChI=1S/C14H11BrN2O3/c1-8-10(14(18)19-2)6-13(20-8)9-3-4-17-12(5-9)11(15)7-16-17/h3-7H,1-2H3. The van der Waals surface area contributed by atoms with E-state index in [1.807, 2.05) is 18.3 Å². The van der Waals surface area contributed by atoms with Gasteiger partial charge in [-0.05, 0) is 41.1 Å². The molecule has 0 atom stereocenters. The first-order valence-electron chi connectivity index (χ1n) is 5.92. The van der Waals surface area contributed by atoms with Crippen LogP contribution < -0.4 is 0 Å². The number of carbonyl (C=O) groups is 1. The summed E-state index contributed by atoms with van der Waals surface area (Å²) in [4.78, 5) is 11.6. The van der Waals surface area contributed by atoms with Crippen molar-refractivity contribution in [2.75, 3.05) is 7.11 Å². The summed E-state index contributed by atoms with van der Waals surface area (Å²) in [6.07, 6.45) is 3.57. The molecule has 0 saturated heterocycles. The lowest BCUT2D eigenvalue weighted by Gasteiger charge is -1.98. The topological polar surface area (TPSA) is 56.7 Å². The zero-order chi connectivity index (χ0) is 14.3. The number of aryl methyl sites for hydroxylation is 1. The number of hydrogen-bond donors (Lipinski definition) is 0. The molecule has 0 amide bonds. The number of carbonyl (C=O) groups excluding carboxylic acids is 1. The highest BCUT2D eigenvalue weighted by Gasteiger charge is 2.16. The first kappa shape index (κ1) is 12.9. The number of methoxy groups -OCH3 is 1. The van der Waals surface area contributed by atoms with Crippen molar-refractivity contribution >= 4 is 27.4 Å². The van der Waals surface area contributed by atoms with Gasteiger partial charge < -0.3 is 9.15 Å². The van der Waals surface area contributed by atoms with Crippen molar-refractivity contribution in [2.45, 2.75) is 6.92 Å². The molecule has 3 heterocycles. The molecule has 3 aromatic heterocycles. The predicted molar refractivity (Wildman–Crippen MR) is 76.7 cm³/mol. The second-order valence-corrected chi connectivity index (χ2v) is 5.16. The van der Waals surface area contributed by atoms with Crippen molar-refractivity contribution in [1.29, 1.82) is 0 Å². The molecule has 0 aliphatic carbocycles. The van der Waals surface area contributed by atoms with Gasteiger partial charge in [0.1, 0.15) is 17.1 Å². The predicted octanol–water partition coefficient (Wildman–Crippen LogP) is 3.45. The minimum atomic E-state index is -0.399. The Hall–Kier alpha value is -2.08. The van der Waals surface area contributed by atoms with Gasteiger partial charge in [-0.1, -0.05) is 0 Å². The Balaban J connectivity index is 2.11. The maximum atomic E-state index is 11.6. The van der Waals surface area contributed by atoms with Crippen LogP contribution in [0.1, 0.15) is 16.1 Å². The molecule has 0 aliphatic heterocycles. The summed E-state index contributed by atoms with van der Waals surface area (Å²) >= 11 is 3.44. The lowest BCUT2D eigenvalue weighted by atomic mass is 10.1. The lowest BCUT2D eigenvalue weighted by molar-refractivity contribution is 0.0599. The van der Waals surface area contributed by atoms with E-state index in [1.54, 1.807) is 23.7 Å². The summed E-state index contributed by atoms with van der Waals surface area (Å²) in [7, 11) is 1.35. The fraction of sp³-hybridized carbons (Fsp3) is 0.143. The van der Waals surface area contributed by atoms with Gasteiger partial charge in [0.05, 0.1) is 23.3 Å². The second-order valence-electron chi connectivity index (χ2n) is 4.31. The molecule has 3 rings (SSSR count). The van der Waals surface area contributed by atoms with Crippen LogP contribution in [0.25, 0.3) is 16.8 Å². The Morgan fingerprint density at radius 2 is 2.25 bits per heavy atom. The van der Waals surface area contributed by atoms with Gasteiger partial charge in [-0.3, -0.25) is 0 Å². The van der Waals surface area contributed by atoms with E-state index in [0.29, 0.717) is 17.1 Å². The number of halogens is 1. The third-order valence-electron chi connectivity index (χ3n) is 3.08. The third kappa shape index (κ3) is 2.02. The van der Waals surface area contributed by atoms with Crippen molar-refractivity contribution in [3.63, 3.8) is 0 Å². The molecular weight excluding hydrogens is 324 g/mol. The summed E-state index contributed by atoms with van der Waals surface area (Å²) in [5.41, 5.74) is 2.24. The highest BCUT2D eigenvalue weighted by atomic mass is 79.9. The van der Waals surface area contributed by atoms with Gasteiger partial charge in [0, 0.05) is 11.8 Å². The molecule has 0 radical (unpaired) electrons. The average molecular weight is 335 g/mol. The number of ether oxygens (including phenoxy) is 1. The number of fused-ring (bicyclic) bond motifs is 1. The SMILES string of the molecule is COC(=O)c1cc(-c2ccn3ncc(Br)c3c2)oc1C. The normalized spacial score (nSPS) is 10.9. The Morgan fingerprint density at radius 1 is 1.45 bits per heavy atom. The molecule has 20 heavy (non-hydrogen) atoms. The van der Waals surface area contributed by atoms with Crippen LogP contribution in [-0.4, -0.2) is 22.7 Å². The van der Waals surface area contributed by atoms with Gasteiger partial charge >= 0.3 is 5.97 Å². The van der Waals surface area contributed by atoms with Crippen LogP contribution in [0.2, 0.25) is 0 Å². The van der Waals surface area contributed by atoms with Crippen LogP contribution in [0.4, 0.5) is 0 Å². The summed E-state index contributed by atoms with van der Waals surface area (Å²) in [6.45, 7) is 1.74. The Bertz CT molecular complexity index is 804. The number of nitrogens with zero attached hydrogens (tertiary/aromatic N) is 2. The fourth-order valence-electron chi connectivity index (χ4n) is 2.04. The molecule has 6 heteroatoms. The summed E-state index contributed by atoms with van der Waals surface area (Å²) < 4.78 is 13.0. The molecule has 0 spiro atoms. The quantitative estimate of drug-likeness (QED) is 0.673. The van der Waals surface area contributed by atoms with Crippen molar-refractivity contribution in [1.82, 2.24) is 9.61 Å². The number of rotatable bonds is 2. The number of pyridine rings is 1. The van der Waals surface area contributed by atoms with Crippen LogP contribution in [0.5, 0.6) is 0 Å². The molecule has 5 nitrogen and oxygen atoms in total. The smallest absolute Gasteiger partial charge is 0.341 e. The van der Waals surface area contributed by atoms with Crippen molar-refractivity contribution in [2.24, 2.45) is 0 Å². The summed E-state index contributed by atoms with van der Waals surface area (Å²) in [5.74, 6) is 0.766. The zero-order valence-corrected chi connectivity index (χ0v) is 12.5. The average Bonchev–Trinajstić information content (AvgIpc) is 3.02. The number of esters is 1. The maximum Gasteiger partial charge on any atom is 0.341 e. The second kappa shape index (κ2) is 4.79. The third-order valence-corrected chi connectivity index (χ3v) is 3.69. The number of hydrogen-bond acceptors (Lipinski definition) is 4. The van der Waals surface area contributed by atoms with E-state index in [2.05, 4.69) is 21.0 Å². The first-order chi connectivity index (χ1) is 9.60. The van der Waals surface area contributed by atoms with Gasteiger partial charge in [0.25, 0.3) is 0 Å². The monoisotopic (exact) mass is 334 g/mol. The van der Waals surface area contributed by atoms with Gasteiger partial charge in [-0.2, -0.15) is 5.10 Å². The lowest BCUT2D eigenvalue weighted by Crippen LogP contribution is -2.00. The van der Waals surface area contributed by atoms with Crippen molar-refractivity contribution < 1.29 is 13.9 Å². The van der Waals surface area contributed by atoms with Crippen molar-refractivity contribution in [3.8, 4) is 11.3 Å². The Labute approximate surface area is 123 Å².